The van der Waals surface area contributed by atoms with Crippen LogP contribution < -0.4 is 0 Å². The van der Waals surface area contributed by atoms with Crippen LogP contribution in [0.2, 0.25) is 0 Å². The summed E-state index contributed by atoms with van der Waals surface area (Å²) in [5, 5.41) is 27.6. The Bertz CT molecular complexity index is 284. The third-order valence-corrected chi connectivity index (χ3v) is 2.48. The third kappa shape index (κ3) is 2.89. The van der Waals surface area contributed by atoms with Crippen LogP contribution >= 0.6 is 11.8 Å². The molecule has 8 heteroatoms. The summed E-state index contributed by atoms with van der Waals surface area (Å²) >= 11 is 1.16. The highest BCUT2D eigenvalue weighted by molar-refractivity contribution is 8.16. The molecular weight excluding hydrogens is 212 g/mol. The first-order chi connectivity index (χ1) is 6.13. The minimum Gasteiger partial charge on any atom is -0.473 e. The molecule has 4 N–H and O–H groups in total. The summed E-state index contributed by atoms with van der Waals surface area (Å²) in [6.07, 6.45) is 0.853. The zero-order valence-corrected chi connectivity index (χ0v) is 7.95. The molecule has 0 aromatic rings. The number of rotatable bonds is 2. The van der Waals surface area contributed by atoms with Gasteiger partial charge in [0, 0.05) is 12.3 Å². The van der Waals surface area contributed by atoms with Gasteiger partial charge in [0.25, 0.3) is 0 Å². The summed E-state index contributed by atoms with van der Waals surface area (Å²) in [4.78, 5) is 13.7. The molecule has 0 saturated heterocycles. The third-order valence-electron chi connectivity index (χ3n) is 1.39. The van der Waals surface area contributed by atoms with Gasteiger partial charge in [0.15, 0.2) is 5.04 Å². The first-order valence-corrected chi connectivity index (χ1v) is 4.55. The number of hydrogen-bond donors (Lipinski definition) is 2. The van der Waals surface area contributed by atoms with Gasteiger partial charge < -0.3 is 15.8 Å². The molecule has 7 nitrogen and oxygen atoms in total. The van der Waals surface area contributed by atoms with Crippen LogP contribution in [0.4, 0.5) is 0 Å². The molecule has 0 unspecified atom stereocenters. The van der Waals surface area contributed by atoms with E-state index in [2.05, 4.69) is 4.99 Å². The monoisotopic (exact) mass is 222 g/mol. The van der Waals surface area contributed by atoms with Crippen molar-refractivity contribution in [1.82, 2.24) is 0 Å². The number of aliphatic imine (C=N–C) groups is 1. The number of aliphatic carboxylic acids is 1. The predicted octanol–water partition coefficient (Wildman–Crippen LogP) is -0.878. The molecule has 0 spiro atoms. The number of hydrogen-bond acceptors (Lipinski definition) is 5. The van der Waals surface area contributed by atoms with Gasteiger partial charge in [0.1, 0.15) is 0 Å². The Balaban J connectivity index is 0.00000169. The molecule has 1 aliphatic heterocycles. The summed E-state index contributed by atoms with van der Waals surface area (Å²) in [7, 11) is 0. The quantitative estimate of drug-likeness (QED) is 0.271. The highest BCUT2D eigenvalue weighted by Gasteiger charge is 2.29. The van der Waals surface area contributed by atoms with E-state index in [0.717, 1.165) is 18.2 Å². The van der Waals surface area contributed by atoms with Crippen molar-refractivity contribution >= 4 is 28.5 Å². The molecule has 0 radical (unpaired) electrons. The Hall–Kier alpha value is -1.28. The average Bonchev–Trinajstić information content (AvgIpc) is 2.04. The minimum atomic E-state index is -1.47. The van der Waals surface area contributed by atoms with Crippen LogP contribution in [0, 0.1) is 5.21 Å². The van der Waals surface area contributed by atoms with E-state index in [1.807, 2.05) is 0 Å². The van der Waals surface area contributed by atoms with Crippen LogP contribution in [0.25, 0.3) is 0 Å². The van der Waals surface area contributed by atoms with Gasteiger partial charge in [-0.1, -0.05) is 11.8 Å². The van der Waals surface area contributed by atoms with E-state index in [4.69, 9.17) is 10.3 Å². The Labute approximate surface area is 83.6 Å². The van der Waals surface area contributed by atoms with Gasteiger partial charge in [-0.15, -0.1) is 0 Å². The summed E-state index contributed by atoms with van der Waals surface area (Å²) < 4.78 is 0. The van der Waals surface area contributed by atoms with Crippen molar-refractivity contribution in [2.75, 3.05) is 12.3 Å². The van der Waals surface area contributed by atoms with Gasteiger partial charge in [-0.2, -0.15) is 0 Å². The lowest BCUT2D eigenvalue weighted by Crippen LogP contribution is -2.31. The van der Waals surface area contributed by atoms with Gasteiger partial charge in [-0.25, -0.2) is 4.79 Å². The van der Waals surface area contributed by atoms with Gasteiger partial charge >= 0.3 is 11.7 Å². The van der Waals surface area contributed by atoms with Crippen molar-refractivity contribution in [2.45, 2.75) is 6.42 Å². The van der Waals surface area contributed by atoms with Crippen LogP contribution in [0.5, 0.6) is 0 Å². The van der Waals surface area contributed by atoms with Crippen LogP contribution in [0.15, 0.2) is 4.99 Å². The maximum absolute atomic E-state index is 10.5. The van der Waals surface area contributed by atoms with E-state index in [0.29, 0.717) is 12.3 Å². The van der Waals surface area contributed by atoms with Crippen molar-refractivity contribution < 1.29 is 25.5 Å². The molecule has 0 aliphatic carbocycles. The summed E-state index contributed by atoms with van der Waals surface area (Å²) in [5.74, 6) is -0.755. The molecule has 0 saturated carbocycles. The Morgan fingerprint density at radius 1 is 1.64 bits per heavy atom. The Morgan fingerprint density at radius 3 is 2.64 bits per heavy atom. The molecule has 0 atom stereocenters. The van der Waals surface area contributed by atoms with Crippen molar-refractivity contribution in [3.63, 3.8) is 0 Å². The summed E-state index contributed by atoms with van der Waals surface area (Å²) in [6.45, 7) is 0.493. The highest BCUT2D eigenvalue weighted by Crippen LogP contribution is 2.13. The zero-order chi connectivity index (χ0) is 9.84. The standard InChI is InChI=1S/C6H8N2O4S.H2O/c9-6(10)4(8(11)12)5-7-2-1-3-13-5;/h1-3H2,(H,9,10)(H,11,12);1H2. The van der Waals surface area contributed by atoms with Crippen LogP contribution in [0.1, 0.15) is 6.42 Å². The lowest BCUT2D eigenvalue weighted by molar-refractivity contribution is -0.724. The molecule has 80 valence electrons. The fourth-order valence-corrected chi connectivity index (χ4v) is 1.81. The molecule has 0 amide bonds. The van der Waals surface area contributed by atoms with E-state index < -0.39 is 16.6 Å². The van der Waals surface area contributed by atoms with Crippen molar-refractivity contribution in [3.8, 4) is 0 Å². The van der Waals surface area contributed by atoms with Gasteiger partial charge in [-0.05, 0) is 6.42 Å². The minimum absolute atomic E-state index is 0. The molecule has 0 aromatic heterocycles. The second-order valence-corrected chi connectivity index (χ2v) is 3.40. The van der Waals surface area contributed by atoms with Crippen LogP contribution in [-0.2, 0) is 4.79 Å². The smallest absolute Gasteiger partial charge is 0.410 e. The Kier molecular flexibility index (Phi) is 4.95. The fourth-order valence-electron chi connectivity index (χ4n) is 0.858. The average molecular weight is 222 g/mol. The van der Waals surface area contributed by atoms with Gasteiger partial charge in [-0.3, -0.25) is 10.2 Å². The van der Waals surface area contributed by atoms with Crippen LogP contribution in [-0.4, -0.2) is 49.7 Å². The summed E-state index contributed by atoms with van der Waals surface area (Å²) in [5.41, 5.74) is -0.704. The molecule has 0 aromatic carbocycles. The SMILES string of the molecule is O.O=C(O)C(C1=NCCCS1)=[N+]([O-])O. The molecule has 1 rings (SSSR count). The van der Waals surface area contributed by atoms with Crippen molar-refractivity contribution in [3.05, 3.63) is 5.21 Å². The second-order valence-electron chi connectivity index (χ2n) is 2.32. The number of thioether (sulfide) groups is 1. The van der Waals surface area contributed by atoms with Gasteiger partial charge in [0.05, 0.1) is 4.90 Å². The van der Waals surface area contributed by atoms with Crippen molar-refractivity contribution in [1.29, 1.82) is 0 Å². The largest absolute Gasteiger partial charge is 0.473 e. The topological polar surface area (TPSA) is 127 Å². The molecule has 1 heterocycles. The van der Waals surface area contributed by atoms with Crippen molar-refractivity contribution in [2.24, 2.45) is 4.99 Å². The zero-order valence-electron chi connectivity index (χ0n) is 7.13. The Morgan fingerprint density at radius 2 is 2.29 bits per heavy atom. The molecule has 0 bridgehead atoms. The summed E-state index contributed by atoms with van der Waals surface area (Å²) in [6, 6.07) is 0. The predicted molar refractivity (Wildman–Crippen MR) is 51.0 cm³/mol. The van der Waals surface area contributed by atoms with E-state index in [1.165, 1.54) is 0 Å². The van der Waals surface area contributed by atoms with E-state index in [9.17, 15) is 10.0 Å². The number of carboxylic acid groups (broad SMARTS) is 1. The maximum atomic E-state index is 10.5. The molecular formula is C6H10N2O5S. The van der Waals surface area contributed by atoms with E-state index in [1.54, 1.807) is 0 Å². The lowest BCUT2D eigenvalue weighted by atomic mass is 10.4. The maximum Gasteiger partial charge on any atom is 0.410 e. The highest BCUT2D eigenvalue weighted by atomic mass is 32.2. The van der Waals surface area contributed by atoms with Crippen LogP contribution in [0.3, 0.4) is 0 Å². The lowest BCUT2D eigenvalue weighted by Gasteiger charge is -2.07. The van der Waals surface area contributed by atoms with E-state index >= 15 is 0 Å². The first kappa shape index (κ1) is 12.7. The van der Waals surface area contributed by atoms with E-state index in [-0.39, 0.29) is 10.5 Å². The number of nitrogens with zero attached hydrogens (tertiary/aromatic N) is 2. The second kappa shape index (κ2) is 5.45. The number of carbonyl (C=O) groups is 1. The normalized spacial score (nSPS) is 17.6. The first-order valence-electron chi connectivity index (χ1n) is 3.57. The molecule has 1 aliphatic rings. The molecule has 0 fully saturated rings. The van der Waals surface area contributed by atoms with Gasteiger partial charge in [0.2, 0.25) is 0 Å². The molecule has 14 heavy (non-hydrogen) atoms. The number of carboxylic acids is 1. The fraction of sp³-hybridized carbons (Fsp3) is 0.500.